The molecule has 0 aliphatic heterocycles. The van der Waals surface area contributed by atoms with Crippen molar-refractivity contribution in [3.63, 3.8) is 0 Å². The Morgan fingerprint density at radius 2 is 1.97 bits per heavy atom. The fraction of sp³-hybridized carbons (Fsp3) is 0.227. The van der Waals surface area contributed by atoms with E-state index in [4.69, 9.17) is 16.3 Å². The number of hydrogen-bond acceptors (Lipinski definition) is 5. The minimum atomic E-state index is 0.444. The lowest BCUT2D eigenvalue weighted by molar-refractivity contribution is 0.304. The smallest absolute Gasteiger partial charge is 0.243 e. The average Bonchev–Trinajstić information content (AvgIpc) is 3.18. The molecule has 1 aromatic heterocycles. The number of nitrogens with one attached hydrogen (secondary N) is 1. The Morgan fingerprint density at radius 3 is 2.83 bits per heavy atom. The van der Waals surface area contributed by atoms with E-state index in [0.717, 1.165) is 40.6 Å². The highest BCUT2D eigenvalue weighted by Crippen LogP contribution is 2.29. The van der Waals surface area contributed by atoms with E-state index in [9.17, 15) is 0 Å². The fourth-order valence-electron chi connectivity index (χ4n) is 3.28. The molecule has 7 heteroatoms. The normalized spacial score (nSPS) is 11.0. The monoisotopic (exact) mass is 407 g/mol. The van der Waals surface area contributed by atoms with E-state index in [1.54, 1.807) is 4.68 Å². The molecular weight excluding hydrogens is 386 g/mol. The van der Waals surface area contributed by atoms with Crippen molar-refractivity contribution in [3.8, 4) is 5.75 Å². The molecule has 6 nitrogen and oxygen atoms in total. The van der Waals surface area contributed by atoms with E-state index in [1.807, 2.05) is 42.5 Å². The van der Waals surface area contributed by atoms with Gasteiger partial charge in [-0.25, -0.2) is 4.68 Å². The van der Waals surface area contributed by atoms with Crippen LogP contribution in [0, 0.1) is 0 Å². The average molecular weight is 408 g/mol. The predicted molar refractivity (Wildman–Crippen MR) is 115 cm³/mol. The first-order valence-corrected chi connectivity index (χ1v) is 10.0. The van der Waals surface area contributed by atoms with Crippen LogP contribution in [-0.2, 0) is 19.7 Å². The van der Waals surface area contributed by atoms with Crippen LogP contribution in [-0.4, -0.2) is 20.2 Å². The van der Waals surface area contributed by atoms with Crippen LogP contribution in [0.25, 0.3) is 10.8 Å². The molecule has 0 fully saturated rings. The van der Waals surface area contributed by atoms with E-state index in [2.05, 4.69) is 46.0 Å². The highest BCUT2D eigenvalue weighted by Gasteiger charge is 2.12. The van der Waals surface area contributed by atoms with Crippen molar-refractivity contribution < 1.29 is 4.74 Å². The molecule has 0 atom stereocenters. The van der Waals surface area contributed by atoms with Crippen molar-refractivity contribution >= 4 is 28.3 Å². The number of benzene rings is 3. The minimum Gasteiger partial charge on any atom is -0.489 e. The number of aryl methyl sites for hydroxylation is 1. The summed E-state index contributed by atoms with van der Waals surface area (Å²) < 4.78 is 7.95. The first-order chi connectivity index (χ1) is 14.2. The lowest BCUT2D eigenvalue weighted by Crippen LogP contribution is -2.10. The molecule has 4 aromatic rings. The third kappa shape index (κ3) is 4.49. The number of nitrogens with zero attached hydrogens (tertiary/aromatic N) is 4. The molecule has 4 rings (SSSR count). The lowest BCUT2D eigenvalue weighted by Gasteiger charge is -2.15. The van der Waals surface area contributed by atoms with Crippen molar-refractivity contribution in [2.75, 3.05) is 5.32 Å². The van der Waals surface area contributed by atoms with Gasteiger partial charge in [-0.2, -0.15) is 0 Å². The minimum absolute atomic E-state index is 0.444. The molecule has 148 valence electrons. The van der Waals surface area contributed by atoms with Gasteiger partial charge < -0.3 is 10.1 Å². The van der Waals surface area contributed by atoms with E-state index >= 15 is 0 Å². The quantitative estimate of drug-likeness (QED) is 0.441. The summed E-state index contributed by atoms with van der Waals surface area (Å²) in [6.07, 6.45) is 0.960. The molecule has 0 aliphatic carbocycles. The van der Waals surface area contributed by atoms with E-state index < -0.39 is 0 Å². The van der Waals surface area contributed by atoms with Gasteiger partial charge in [0.15, 0.2) is 0 Å². The van der Waals surface area contributed by atoms with Crippen LogP contribution in [0.4, 0.5) is 5.95 Å². The van der Waals surface area contributed by atoms with E-state index in [0.29, 0.717) is 24.1 Å². The summed E-state index contributed by atoms with van der Waals surface area (Å²) >= 11 is 6.10. The third-order valence-corrected chi connectivity index (χ3v) is 4.91. The zero-order chi connectivity index (χ0) is 20.1. The second-order valence-corrected chi connectivity index (χ2v) is 7.20. The summed E-state index contributed by atoms with van der Waals surface area (Å²) in [5.41, 5.74) is 2.09. The van der Waals surface area contributed by atoms with Crippen LogP contribution >= 0.6 is 11.6 Å². The topological polar surface area (TPSA) is 64.9 Å². The van der Waals surface area contributed by atoms with Gasteiger partial charge in [-0.05, 0) is 51.4 Å². The summed E-state index contributed by atoms with van der Waals surface area (Å²) in [6, 6.07) is 20.1. The van der Waals surface area contributed by atoms with Gasteiger partial charge in [0.05, 0.1) is 0 Å². The van der Waals surface area contributed by atoms with Crippen LogP contribution in [0.2, 0.25) is 5.02 Å². The van der Waals surface area contributed by atoms with E-state index in [-0.39, 0.29) is 0 Å². The molecule has 0 unspecified atom stereocenters. The second kappa shape index (κ2) is 8.92. The van der Waals surface area contributed by atoms with Gasteiger partial charge in [0, 0.05) is 23.7 Å². The maximum atomic E-state index is 6.18. The number of ether oxygens (including phenoxy) is 1. The Hall–Kier alpha value is -3.12. The summed E-state index contributed by atoms with van der Waals surface area (Å²) in [6.45, 7) is 3.86. The third-order valence-electron chi connectivity index (χ3n) is 4.67. The first-order valence-electron chi connectivity index (χ1n) is 9.62. The molecule has 1 heterocycles. The number of rotatable bonds is 8. The first kappa shape index (κ1) is 19.2. The second-order valence-electron chi connectivity index (χ2n) is 6.76. The van der Waals surface area contributed by atoms with Crippen LogP contribution in [0.3, 0.4) is 0 Å². The van der Waals surface area contributed by atoms with Crippen LogP contribution < -0.4 is 10.1 Å². The molecule has 0 bridgehead atoms. The van der Waals surface area contributed by atoms with Crippen molar-refractivity contribution in [3.05, 3.63) is 76.8 Å². The summed E-state index contributed by atoms with van der Waals surface area (Å²) in [4.78, 5) is 0. The van der Waals surface area contributed by atoms with Gasteiger partial charge in [0.25, 0.3) is 0 Å². The number of aromatic nitrogens is 4. The Kier molecular flexibility index (Phi) is 5.91. The lowest BCUT2D eigenvalue weighted by atomic mass is 10.0. The predicted octanol–water partition coefficient (Wildman–Crippen LogP) is 5.08. The van der Waals surface area contributed by atoms with Crippen molar-refractivity contribution in [1.29, 1.82) is 0 Å². The van der Waals surface area contributed by atoms with E-state index in [1.165, 1.54) is 0 Å². The maximum absolute atomic E-state index is 6.18. The number of hydrogen-bond donors (Lipinski definition) is 1. The van der Waals surface area contributed by atoms with Gasteiger partial charge in [-0.1, -0.05) is 66.1 Å². The van der Waals surface area contributed by atoms with Crippen LogP contribution in [0.15, 0.2) is 60.7 Å². The number of tetrazole rings is 1. The van der Waals surface area contributed by atoms with Crippen LogP contribution in [0.5, 0.6) is 5.75 Å². The molecule has 0 saturated heterocycles. The molecule has 0 amide bonds. The Bertz CT molecular complexity index is 1110. The Morgan fingerprint density at radius 1 is 1.07 bits per heavy atom. The highest BCUT2D eigenvalue weighted by molar-refractivity contribution is 6.30. The Balaban J connectivity index is 1.61. The zero-order valence-corrected chi connectivity index (χ0v) is 16.9. The Labute approximate surface area is 174 Å². The molecule has 0 aliphatic rings. The highest BCUT2D eigenvalue weighted by atomic mass is 35.5. The van der Waals surface area contributed by atoms with Crippen LogP contribution in [0.1, 0.15) is 24.5 Å². The summed E-state index contributed by atoms with van der Waals surface area (Å²) in [5.74, 6) is 1.48. The standard InChI is InChI=1S/C22H22ClN5O/c1-2-12-28-22(25-26-27-28)24-14-20-19-9-4-3-7-17(19)10-11-21(20)29-15-16-6-5-8-18(23)13-16/h3-11,13H,2,12,14-15H2,1H3,(H,24,25,27). The van der Waals surface area contributed by atoms with Crippen molar-refractivity contribution in [2.45, 2.75) is 33.0 Å². The van der Waals surface area contributed by atoms with Crippen molar-refractivity contribution in [1.82, 2.24) is 20.2 Å². The van der Waals surface area contributed by atoms with Gasteiger partial charge in [-0.15, -0.1) is 0 Å². The molecule has 3 aromatic carbocycles. The SMILES string of the molecule is CCCn1nnnc1NCc1c(OCc2cccc(Cl)c2)ccc2ccccc12. The van der Waals surface area contributed by atoms with Gasteiger partial charge >= 0.3 is 0 Å². The molecular formula is C22H22ClN5O. The zero-order valence-electron chi connectivity index (χ0n) is 16.2. The molecule has 29 heavy (non-hydrogen) atoms. The van der Waals surface area contributed by atoms with Crippen molar-refractivity contribution in [2.24, 2.45) is 0 Å². The molecule has 0 spiro atoms. The molecule has 1 N–H and O–H groups in total. The van der Waals surface area contributed by atoms with Gasteiger partial charge in [-0.3, -0.25) is 0 Å². The number of anilines is 1. The van der Waals surface area contributed by atoms with Gasteiger partial charge in [0.1, 0.15) is 12.4 Å². The summed E-state index contributed by atoms with van der Waals surface area (Å²) in [7, 11) is 0. The maximum Gasteiger partial charge on any atom is 0.243 e. The number of fused-ring (bicyclic) bond motifs is 1. The van der Waals surface area contributed by atoms with Gasteiger partial charge in [0.2, 0.25) is 5.95 Å². The molecule has 0 saturated carbocycles. The fourth-order valence-corrected chi connectivity index (χ4v) is 3.50. The summed E-state index contributed by atoms with van der Waals surface area (Å²) in [5, 5.41) is 18.3. The number of halogens is 1. The molecule has 0 radical (unpaired) electrons. The largest absolute Gasteiger partial charge is 0.489 e.